The molecule has 0 aliphatic carbocycles. The van der Waals surface area contributed by atoms with Crippen molar-refractivity contribution in [2.45, 2.75) is 12.8 Å². The molecule has 1 aromatic heterocycles. The summed E-state index contributed by atoms with van der Waals surface area (Å²) in [5.74, 6) is -0.969. The molecule has 0 radical (unpaired) electrons. The number of aryl methyl sites for hydroxylation is 1. The van der Waals surface area contributed by atoms with Gasteiger partial charge >= 0.3 is 0 Å². The Morgan fingerprint density at radius 1 is 1.35 bits per heavy atom. The number of hydrogen-bond acceptors (Lipinski definition) is 3. The van der Waals surface area contributed by atoms with Gasteiger partial charge in [0.25, 0.3) is 0 Å². The number of rotatable bonds is 5. The lowest BCUT2D eigenvalue weighted by molar-refractivity contribution is -0.117. The van der Waals surface area contributed by atoms with E-state index in [-0.39, 0.29) is 29.5 Å². The van der Waals surface area contributed by atoms with Gasteiger partial charge in [-0.2, -0.15) is 0 Å². The van der Waals surface area contributed by atoms with E-state index in [9.17, 15) is 9.18 Å². The lowest BCUT2D eigenvalue weighted by atomic mass is 10.1. The number of aromatic nitrogens is 1. The zero-order valence-electron chi connectivity index (χ0n) is 10.5. The van der Waals surface area contributed by atoms with Gasteiger partial charge in [-0.15, -0.1) is 0 Å². The van der Waals surface area contributed by atoms with Crippen LogP contribution in [0.1, 0.15) is 12.0 Å². The molecule has 2 aromatic rings. The maximum absolute atomic E-state index is 14.3. The topological polar surface area (TPSA) is 65.2 Å². The highest BCUT2D eigenvalue weighted by molar-refractivity contribution is 6.32. The molecule has 6 heteroatoms. The molecular formula is C14H12ClFN2O2. The molecule has 0 aliphatic heterocycles. The lowest BCUT2D eigenvalue weighted by Crippen LogP contribution is -2.11. The average Bonchev–Trinajstić information content (AvgIpc) is 2.43. The van der Waals surface area contributed by atoms with E-state index >= 15 is 0 Å². The van der Waals surface area contributed by atoms with Crippen LogP contribution in [0.15, 0.2) is 36.5 Å². The van der Waals surface area contributed by atoms with Crippen molar-refractivity contribution in [3.63, 3.8) is 0 Å². The number of primary amides is 1. The summed E-state index contributed by atoms with van der Waals surface area (Å²) in [5.41, 5.74) is 5.37. The first kappa shape index (κ1) is 14.3. The minimum Gasteiger partial charge on any atom is -0.434 e. The van der Waals surface area contributed by atoms with Crippen molar-refractivity contribution in [3.8, 4) is 11.6 Å². The third-order valence-corrected chi connectivity index (χ3v) is 2.91. The second kappa shape index (κ2) is 6.34. The van der Waals surface area contributed by atoms with Gasteiger partial charge in [0.05, 0.1) is 5.02 Å². The molecule has 104 valence electrons. The molecule has 1 aromatic carbocycles. The number of nitrogens with two attached hydrogens (primary N) is 1. The maximum Gasteiger partial charge on any atom is 0.219 e. The summed E-state index contributed by atoms with van der Waals surface area (Å²) in [5, 5.41) is 0.135. The van der Waals surface area contributed by atoms with Gasteiger partial charge in [-0.05, 0) is 24.1 Å². The SMILES string of the molecule is NC(=O)CCc1ccc(Cl)c(Oc2ccccn2)c1F. The molecule has 0 atom stereocenters. The van der Waals surface area contributed by atoms with Gasteiger partial charge < -0.3 is 10.5 Å². The molecule has 0 aliphatic rings. The van der Waals surface area contributed by atoms with E-state index in [2.05, 4.69) is 4.98 Å². The number of carbonyl (C=O) groups excluding carboxylic acids is 1. The Kier molecular flexibility index (Phi) is 4.53. The minimum atomic E-state index is -0.607. The summed E-state index contributed by atoms with van der Waals surface area (Å²) >= 11 is 5.93. The Morgan fingerprint density at radius 3 is 2.80 bits per heavy atom. The average molecular weight is 295 g/mol. The van der Waals surface area contributed by atoms with Crippen molar-refractivity contribution in [1.29, 1.82) is 0 Å². The molecule has 0 saturated heterocycles. The zero-order valence-corrected chi connectivity index (χ0v) is 11.2. The Bertz CT molecular complexity index is 620. The zero-order chi connectivity index (χ0) is 14.5. The summed E-state index contributed by atoms with van der Waals surface area (Å²) in [6.45, 7) is 0. The second-order valence-electron chi connectivity index (χ2n) is 4.09. The number of carbonyl (C=O) groups is 1. The number of nitrogens with zero attached hydrogens (tertiary/aromatic N) is 1. The van der Waals surface area contributed by atoms with Gasteiger partial charge in [0, 0.05) is 18.7 Å². The van der Waals surface area contributed by atoms with Crippen molar-refractivity contribution >= 4 is 17.5 Å². The molecule has 0 fully saturated rings. The van der Waals surface area contributed by atoms with Crippen LogP contribution in [0.4, 0.5) is 4.39 Å². The molecular weight excluding hydrogens is 283 g/mol. The summed E-state index contributed by atoms with van der Waals surface area (Å²) in [4.78, 5) is 14.7. The third-order valence-electron chi connectivity index (χ3n) is 2.61. The highest BCUT2D eigenvalue weighted by Gasteiger charge is 2.15. The Morgan fingerprint density at radius 2 is 2.15 bits per heavy atom. The van der Waals surface area contributed by atoms with Crippen molar-refractivity contribution in [2.24, 2.45) is 5.73 Å². The van der Waals surface area contributed by atoms with E-state index in [0.717, 1.165) is 0 Å². The standard InChI is InChI=1S/C14H12ClFN2O2/c15-10-6-4-9(5-7-11(17)19)13(16)14(10)20-12-3-1-2-8-18-12/h1-4,6,8H,5,7H2,(H2,17,19). The first-order chi connectivity index (χ1) is 9.58. The van der Waals surface area contributed by atoms with Crippen LogP contribution in [0.25, 0.3) is 0 Å². The molecule has 1 amide bonds. The molecule has 1 heterocycles. The van der Waals surface area contributed by atoms with E-state index in [0.29, 0.717) is 5.56 Å². The van der Waals surface area contributed by atoms with Crippen molar-refractivity contribution in [1.82, 2.24) is 4.98 Å². The van der Waals surface area contributed by atoms with Crippen molar-refractivity contribution < 1.29 is 13.9 Å². The fraction of sp³-hybridized carbons (Fsp3) is 0.143. The number of benzene rings is 1. The largest absolute Gasteiger partial charge is 0.434 e. The first-order valence-electron chi connectivity index (χ1n) is 5.92. The molecule has 0 unspecified atom stereocenters. The number of pyridine rings is 1. The Balaban J connectivity index is 2.27. The van der Waals surface area contributed by atoms with E-state index < -0.39 is 11.7 Å². The summed E-state index contributed by atoms with van der Waals surface area (Å²) in [6.07, 6.45) is 1.77. The second-order valence-corrected chi connectivity index (χ2v) is 4.49. The van der Waals surface area contributed by atoms with Crippen LogP contribution in [-0.2, 0) is 11.2 Å². The maximum atomic E-state index is 14.3. The fourth-order valence-electron chi connectivity index (χ4n) is 1.63. The number of halogens is 2. The van der Waals surface area contributed by atoms with Gasteiger partial charge in [0.15, 0.2) is 11.6 Å². The molecule has 20 heavy (non-hydrogen) atoms. The Labute approximate surface area is 120 Å². The highest BCUT2D eigenvalue weighted by Crippen LogP contribution is 2.33. The van der Waals surface area contributed by atoms with Gasteiger partial charge in [-0.1, -0.05) is 23.7 Å². The highest BCUT2D eigenvalue weighted by atomic mass is 35.5. The smallest absolute Gasteiger partial charge is 0.219 e. The molecule has 4 nitrogen and oxygen atoms in total. The van der Waals surface area contributed by atoms with Crippen LogP contribution in [0.5, 0.6) is 11.6 Å². The fourth-order valence-corrected chi connectivity index (χ4v) is 1.81. The van der Waals surface area contributed by atoms with E-state index in [1.807, 2.05) is 0 Å². The summed E-state index contributed by atoms with van der Waals surface area (Å²) in [7, 11) is 0. The quantitative estimate of drug-likeness (QED) is 0.921. The summed E-state index contributed by atoms with van der Waals surface area (Å²) in [6, 6.07) is 8.04. The third kappa shape index (κ3) is 3.45. The van der Waals surface area contributed by atoms with Gasteiger partial charge in [-0.25, -0.2) is 9.37 Å². The summed E-state index contributed by atoms with van der Waals surface area (Å²) < 4.78 is 19.6. The molecule has 0 saturated carbocycles. The van der Waals surface area contributed by atoms with Crippen molar-refractivity contribution in [3.05, 3.63) is 52.9 Å². The normalized spacial score (nSPS) is 10.3. The number of hydrogen-bond donors (Lipinski definition) is 1. The molecule has 2 rings (SSSR count). The van der Waals surface area contributed by atoms with E-state index in [1.165, 1.54) is 18.3 Å². The van der Waals surface area contributed by atoms with Crippen molar-refractivity contribution in [2.75, 3.05) is 0 Å². The monoisotopic (exact) mass is 294 g/mol. The van der Waals surface area contributed by atoms with Crippen LogP contribution >= 0.6 is 11.6 Å². The molecule has 2 N–H and O–H groups in total. The van der Waals surface area contributed by atoms with Crippen LogP contribution < -0.4 is 10.5 Å². The van der Waals surface area contributed by atoms with Crippen LogP contribution in [0, 0.1) is 5.82 Å². The predicted molar refractivity (Wildman–Crippen MR) is 73.2 cm³/mol. The van der Waals surface area contributed by atoms with Gasteiger partial charge in [0.2, 0.25) is 11.8 Å². The number of ether oxygens (including phenoxy) is 1. The first-order valence-corrected chi connectivity index (χ1v) is 6.30. The molecule has 0 bridgehead atoms. The van der Waals surface area contributed by atoms with Crippen LogP contribution in [0.2, 0.25) is 5.02 Å². The Hall–Kier alpha value is -2.14. The van der Waals surface area contributed by atoms with Gasteiger partial charge in [-0.3, -0.25) is 4.79 Å². The molecule has 0 spiro atoms. The van der Waals surface area contributed by atoms with Gasteiger partial charge in [0.1, 0.15) is 0 Å². The van der Waals surface area contributed by atoms with E-state index in [4.69, 9.17) is 22.1 Å². The number of amides is 1. The van der Waals surface area contributed by atoms with Crippen LogP contribution in [-0.4, -0.2) is 10.9 Å². The lowest BCUT2D eigenvalue weighted by Gasteiger charge is -2.10. The van der Waals surface area contributed by atoms with Crippen LogP contribution in [0.3, 0.4) is 0 Å². The van der Waals surface area contributed by atoms with E-state index in [1.54, 1.807) is 18.2 Å². The predicted octanol–water partition coefficient (Wildman–Crippen LogP) is 3.08. The minimum absolute atomic E-state index is 0.0571.